The Morgan fingerprint density at radius 3 is 1.93 bits per heavy atom. The first-order chi connectivity index (χ1) is 26.1. The molecule has 5 aromatic rings. The summed E-state index contributed by atoms with van der Waals surface area (Å²) in [5, 5.41) is 2.04. The Labute approximate surface area is 325 Å². The van der Waals surface area contributed by atoms with E-state index in [9.17, 15) is 14.4 Å². The van der Waals surface area contributed by atoms with E-state index in [1.807, 2.05) is 30.3 Å². The highest BCUT2D eigenvalue weighted by Crippen LogP contribution is 2.54. The standard InChI is InChI=1S/C42H37BrN2O8S/c1-41(39(48)54-34-23-21-33(51-3)22-24-34,38(47)52-26-30-15-19-32(50-2)20-16-30)42(44-40(49)53-27-29-9-5-4-6-10-29)35-11-7-8-12-36(35)45(37(42)46)25-28-13-17-31(43)18-14-28/h4-24H,25-27H2,1-3H3,(H,44,49). The van der Waals surface area contributed by atoms with Crippen LogP contribution in [-0.2, 0) is 49.2 Å². The van der Waals surface area contributed by atoms with Gasteiger partial charge in [-0.25, -0.2) is 4.79 Å². The van der Waals surface area contributed by atoms with Crippen LogP contribution in [0.2, 0.25) is 0 Å². The van der Waals surface area contributed by atoms with Gasteiger partial charge in [0.25, 0.3) is 5.91 Å². The maximum atomic E-state index is 15.3. The lowest BCUT2D eigenvalue weighted by atomic mass is 9.67. The van der Waals surface area contributed by atoms with Crippen LogP contribution in [0.15, 0.2) is 137 Å². The van der Waals surface area contributed by atoms with Crippen LogP contribution in [0, 0.1) is 5.41 Å². The smallest absolute Gasteiger partial charge is 0.408 e. The molecular weight excluding hydrogens is 772 g/mol. The van der Waals surface area contributed by atoms with Gasteiger partial charge in [-0.3, -0.25) is 14.4 Å². The van der Waals surface area contributed by atoms with Gasteiger partial charge in [-0.05, 0) is 78.2 Å². The van der Waals surface area contributed by atoms with Gasteiger partial charge in [0.1, 0.15) is 24.7 Å². The maximum Gasteiger partial charge on any atom is 0.408 e. The number of nitrogens with one attached hydrogen (secondary N) is 1. The number of rotatable bonds is 13. The highest BCUT2D eigenvalue weighted by atomic mass is 79.9. The molecule has 6 rings (SSSR count). The molecule has 0 aliphatic carbocycles. The van der Waals surface area contributed by atoms with Gasteiger partial charge in [-0.15, -0.1) is 0 Å². The third kappa shape index (κ3) is 7.71. The monoisotopic (exact) mass is 808 g/mol. The molecule has 1 heterocycles. The van der Waals surface area contributed by atoms with E-state index in [1.54, 1.807) is 104 Å². The Morgan fingerprint density at radius 1 is 0.722 bits per heavy atom. The van der Waals surface area contributed by atoms with Crippen molar-refractivity contribution in [3.8, 4) is 11.5 Å². The van der Waals surface area contributed by atoms with Crippen LogP contribution in [-0.4, -0.2) is 37.3 Å². The molecule has 0 fully saturated rings. The van der Waals surface area contributed by atoms with Gasteiger partial charge in [-0.2, -0.15) is 0 Å². The van der Waals surface area contributed by atoms with Crippen molar-refractivity contribution in [2.75, 3.05) is 19.1 Å². The van der Waals surface area contributed by atoms with E-state index >= 15 is 4.79 Å². The molecule has 2 amide bonds. The highest BCUT2D eigenvalue weighted by Gasteiger charge is 2.70. The maximum absolute atomic E-state index is 15.3. The van der Waals surface area contributed by atoms with E-state index in [0.717, 1.165) is 21.8 Å². The normalized spacial score (nSPS) is 15.8. The van der Waals surface area contributed by atoms with Crippen molar-refractivity contribution >= 4 is 56.5 Å². The number of halogens is 1. The van der Waals surface area contributed by atoms with E-state index in [2.05, 4.69) is 21.2 Å². The summed E-state index contributed by atoms with van der Waals surface area (Å²) >= 11 is 4.21. The molecule has 0 radical (unpaired) electrons. The lowest BCUT2D eigenvalue weighted by molar-refractivity contribution is -0.167. The van der Waals surface area contributed by atoms with Crippen LogP contribution in [0.1, 0.15) is 29.2 Å². The molecule has 0 aromatic heterocycles. The summed E-state index contributed by atoms with van der Waals surface area (Å²) in [6.07, 6.45) is -1.01. The first kappa shape index (κ1) is 38.1. The lowest BCUT2D eigenvalue weighted by Gasteiger charge is -2.42. The third-order valence-electron chi connectivity index (χ3n) is 9.29. The average Bonchev–Trinajstić information content (AvgIpc) is 3.44. The zero-order valence-corrected chi connectivity index (χ0v) is 32.1. The number of benzene rings is 5. The molecule has 12 heteroatoms. The van der Waals surface area contributed by atoms with E-state index in [0.29, 0.717) is 33.2 Å². The number of nitrogens with zero attached hydrogens (tertiary/aromatic N) is 1. The minimum absolute atomic E-state index is 0.0718. The van der Waals surface area contributed by atoms with E-state index < -0.39 is 34.0 Å². The number of hydrogen-bond donors (Lipinski definition) is 1. The van der Waals surface area contributed by atoms with Crippen molar-refractivity contribution in [1.29, 1.82) is 0 Å². The van der Waals surface area contributed by atoms with Gasteiger partial charge in [0, 0.05) is 14.9 Å². The van der Waals surface area contributed by atoms with Crippen LogP contribution < -0.4 is 19.7 Å². The fourth-order valence-electron chi connectivity index (χ4n) is 6.28. The summed E-state index contributed by atoms with van der Waals surface area (Å²) in [7, 11) is 3.07. The molecule has 0 bridgehead atoms. The van der Waals surface area contributed by atoms with Gasteiger partial charge in [0.15, 0.2) is 11.0 Å². The third-order valence-corrected chi connectivity index (χ3v) is 10.9. The van der Waals surface area contributed by atoms with Gasteiger partial charge >= 0.3 is 12.1 Å². The first-order valence-electron chi connectivity index (χ1n) is 16.9. The number of carbonyl (C=O) groups excluding carboxylic acids is 4. The number of methoxy groups -OCH3 is 2. The minimum Gasteiger partial charge on any atom is -0.497 e. The molecule has 0 spiro atoms. The Hall–Kier alpha value is -5.59. The van der Waals surface area contributed by atoms with Crippen molar-refractivity contribution < 1.29 is 38.1 Å². The zero-order valence-electron chi connectivity index (χ0n) is 29.7. The van der Waals surface area contributed by atoms with E-state index in [1.165, 1.54) is 18.9 Å². The summed E-state index contributed by atoms with van der Waals surface area (Å²) in [5.74, 6) is -0.564. The van der Waals surface area contributed by atoms with E-state index in [4.69, 9.17) is 18.9 Å². The second-order valence-corrected chi connectivity index (χ2v) is 14.5. The topological polar surface area (TPSA) is 120 Å². The first-order valence-corrected chi connectivity index (χ1v) is 18.5. The quantitative estimate of drug-likeness (QED) is 0.0713. The molecule has 276 valence electrons. The van der Waals surface area contributed by atoms with Crippen molar-refractivity contribution in [1.82, 2.24) is 5.32 Å². The zero-order chi connectivity index (χ0) is 38.3. The molecule has 1 aliphatic heterocycles. The number of ether oxygens (including phenoxy) is 4. The van der Waals surface area contributed by atoms with Crippen LogP contribution in [0.25, 0.3) is 0 Å². The fourth-order valence-corrected chi connectivity index (χ4v) is 7.47. The molecular formula is C42H37BrN2O8S. The predicted molar refractivity (Wildman–Crippen MR) is 208 cm³/mol. The summed E-state index contributed by atoms with van der Waals surface area (Å²) in [6.45, 7) is 1.06. The number of thioether (sulfide) groups is 1. The number of fused-ring (bicyclic) bond motifs is 1. The number of hydrogen-bond acceptors (Lipinski definition) is 9. The van der Waals surface area contributed by atoms with Crippen LogP contribution >= 0.6 is 27.7 Å². The number of amides is 2. The van der Waals surface area contributed by atoms with Crippen molar-refractivity contribution in [3.05, 3.63) is 154 Å². The Kier molecular flexibility index (Phi) is 11.7. The minimum atomic E-state index is -2.36. The molecule has 2 atom stereocenters. The summed E-state index contributed by atoms with van der Waals surface area (Å²) in [6, 6.07) is 36.8. The molecule has 5 aromatic carbocycles. The molecule has 1 aliphatic rings. The van der Waals surface area contributed by atoms with Crippen LogP contribution in [0.3, 0.4) is 0 Å². The van der Waals surface area contributed by atoms with Crippen molar-refractivity contribution in [3.63, 3.8) is 0 Å². The second-order valence-electron chi connectivity index (χ2n) is 12.6. The summed E-state index contributed by atoms with van der Waals surface area (Å²) in [5.41, 5.74) is -1.96. The second kappa shape index (κ2) is 16.6. The molecule has 54 heavy (non-hydrogen) atoms. The Morgan fingerprint density at radius 2 is 1.28 bits per heavy atom. The Bertz CT molecular complexity index is 2130. The Balaban J connectivity index is 1.48. The summed E-state index contributed by atoms with van der Waals surface area (Å²) < 4.78 is 23.0. The van der Waals surface area contributed by atoms with E-state index in [-0.39, 0.29) is 25.3 Å². The van der Waals surface area contributed by atoms with Gasteiger partial charge in [0.2, 0.25) is 5.12 Å². The van der Waals surface area contributed by atoms with Gasteiger partial charge < -0.3 is 29.2 Å². The van der Waals surface area contributed by atoms with Gasteiger partial charge in [-0.1, -0.05) is 100 Å². The summed E-state index contributed by atoms with van der Waals surface area (Å²) in [4.78, 5) is 61.1. The molecule has 10 nitrogen and oxygen atoms in total. The molecule has 0 saturated heterocycles. The molecule has 0 saturated carbocycles. The van der Waals surface area contributed by atoms with Crippen LogP contribution in [0.5, 0.6) is 11.5 Å². The average molecular weight is 810 g/mol. The van der Waals surface area contributed by atoms with Crippen molar-refractivity contribution in [2.45, 2.75) is 37.1 Å². The fraction of sp³-hybridized carbons (Fsp3) is 0.190. The van der Waals surface area contributed by atoms with Crippen LogP contribution in [0.4, 0.5) is 10.5 Å². The SMILES string of the molecule is COc1ccc(COC(=O)C(C)(C(=O)Sc2ccc(OC)cc2)C2(NC(=O)OCc3ccccc3)C(=O)N(Cc3ccc(Br)cc3)c3ccccc32)cc1. The molecule has 2 unspecified atom stereocenters. The predicted octanol–water partition coefficient (Wildman–Crippen LogP) is 8.20. The number of esters is 1. The largest absolute Gasteiger partial charge is 0.497 e. The van der Waals surface area contributed by atoms with Gasteiger partial charge in [0.05, 0.1) is 26.5 Å². The molecule has 1 N–H and O–H groups in total. The number of para-hydroxylation sites is 1. The van der Waals surface area contributed by atoms with Crippen molar-refractivity contribution in [2.24, 2.45) is 5.41 Å². The lowest BCUT2D eigenvalue weighted by Crippen LogP contribution is -2.67. The number of alkyl carbamates (subject to hydrolysis) is 1. The number of carbonyl (C=O) groups is 4. The highest BCUT2D eigenvalue weighted by molar-refractivity contribution is 9.10. The number of anilines is 1.